The largest absolute Gasteiger partial charge is 0.489 e. The Kier molecular flexibility index (Phi) is 6.91. The number of aromatic nitrogens is 4. The van der Waals surface area contributed by atoms with Gasteiger partial charge in [0.25, 0.3) is 0 Å². The molecule has 3 atom stereocenters. The van der Waals surface area contributed by atoms with Gasteiger partial charge in [0.15, 0.2) is 0 Å². The van der Waals surface area contributed by atoms with Crippen LogP contribution in [0.15, 0.2) is 61.2 Å². The summed E-state index contributed by atoms with van der Waals surface area (Å²) < 4.78 is 7.49. The number of anilines is 2. The van der Waals surface area contributed by atoms with Gasteiger partial charge >= 0.3 is 0 Å². The van der Waals surface area contributed by atoms with Gasteiger partial charge in [0.1, 0.15) is 30.1 Å². The Hall–Kier alpha value is -4.16. The molecule has 5 heterocycles. The Labute approximate surface area is 222 Å². The molecule has 0 aliphatic carbocycles. The van der Waals surface area contributed by atoms with Crippen molar-refractivity contribution < 1.29 is 9.84 Å². The molecule has 1 saturated heterocycles. The molecule has 0 bridgehead atoms. The van der Waals surface area contributed by atoms with E-state index in [1.165, 1.54) is 0 Å². The predicted octanol–water partition coefficient (Wildman–Crippen LogP) is 4.39. The van der Waals surface area contributed by atoms with Crippen LogP contribution in [0.3, 0.4) is 0 Å². The van der Waals surface area contributed by atoms with Crippen LogP contribution in [0.4, 0.5) is 11.6 Å². The minimum absolute atomic E-state index is 0.128. The lowest BCUT2D eigenvalue weighted by atomic mass is 9.85. The van der Waals surface area contributed by atoms with E-state index >= 15 is 0 Å². The third kappa shape index (κ3) is 5.41. The number of piperidine rings is 1. The van der Waals surface area contributed by atoms with E-state index in [1.54, 1.807) is 30.8 Å². The van der Waals surface area contributed by atoms with Crippen LogP contribution >= 0.6 is 0 Å². The SMILES string of the molecule is C[C@@H]1CN(c2ccc(-c3cc(OCC(C)(C)O)cn4ncc(C#N)c34)cn2)C[C@H](C)[C@H]1Nc1ccccn1. The average molecular weight is 512 g/mol. The van der Waals surface area contributed by atoms with E-state index in [0.717, 1.165) is 35.9 Å². The molecule has 0 unspecified atom stereocenters. The molecule has 5 rings (SSSR count). The molecule has 0 amide bonds. The molecule has 0 spiro atoms. The summed E-state index contributed by atoms with van der Waals surface area (Å²) in [5, 5.41) is 27.7. The molecule has 1 aliphatic rings. The summed E-state index contributed by atoms with van der Waals surface area (Å²) in [6.45, 7) is 9.79. The molecule has 196 valence electrons. The lowest BCUT2D eigenvalue weighted by Gasteiger charge is -2.42. The van der Waals surface area contributed by atoms with E-state index in [2.05, 4.69) is 40.2 Å². The van der Waals surface area contributed by atoms with Crippen LogP contribution in [0, 0.1) is 23.2 Å². The smallest absolute Gasteiger partial charge is 0.138 e. The minimum Gasteiger partial charge on any atom is -0.489 e. The van der Waals surface area contributed by atoms with Crippen molar-refractivity contribution >= 4 is 17.2 Å². The Morgan fingerprint density at radius 3 is 2.55 bits per heavy atom. The maximum Gasteiger partial charge on any atom is 0.138 e. The van der Waals surface area contributed by atoms with Gasteiger partial charge in [-0.05, 0) is 56.0 Å². The highest BCUT2D eigenvalue weighted by atomic mass is 16.5. The molecule has 1 fully saturated rings. The normalized spacial score (nSPS) is 19.8. The Morgan fingerprint density at radius 1 is 1.13 bits per heavy atom. The van der Waals surface area contributed by atoms with Crippen LogP contribution in [-0.4, -0.2) is 56.0 Å². The number of ether oxygens (including phenoxy) is 1. The number of hydrogen-bond donors (Lipinski definition) is 2. The standard InChI is InChI=1S/C29H33N7O2/c1-19-15-35(16-20(2)27(19)34-25-7-5-6-10-31-25)26-9-8-21(13-32-26)24-11-23(38-18-29(3,4)37)17-36-28(24)22(12-30)14-33-36/h5-11,13-14,17,19-20,27,37H,15-16,18H2,1-4H3,(H,31,34)/t19-,20+,27+. The van der Waals surface area contributed by atoms with E-state index < -0.39 is 5.60 Å². The number of rotatable bonds is 7. The molecular weight excluding hydrogens is 478 g/mol. The van der Waals surface area contributed by atoms with E-state index in [0.29, 0.717) is 34.7 Å². The van der Waals surface area contributed by atoms with Gasteiger partial charge in [0, 0.05) is 42.7 Å². The van der Waals surface area contributed by atoms with Crippen LogP contribution in [0.5, 0.6) is 5.75 Å². The van der Waals surface area contributed by atoms with Gasteiger partial charge in [-0.1, -0.05) is 19.9 Å². The molecule has 2 N–H and O–H groups in total. The van der Waals surface area contributed by atoms with E-state index in [4.69, 9.17) is 9.72 Å². The van der Waals surface area contributed by atoms with Gasteiger partial charge in [-0.25, -0.2) is 14.5 Å². The van der Waals surface area contributed by atoms with Gasteiger partial charge in [-0.2, -0.15) is 10.4 Å². The fourth-order valence-corrected chi connectivity index (χ4v) is 5.12. The summed E-state index contributed by atoms with van der Waals surface area (Å²) in [6, 6.07) is 14.4. The molecular formula is C29H33N7O2. The fourth-order valence-electron chi connectivity index (χ4n) is 5.12. The Morgan fingerprint density at radius 2 is 1.92 bits per heavy atom. The zero-order chi connectivity index (χ0) is 26.9. The summed E-state index contributed by atoms with van der Waals surface area (Å²) in [5.74, 6) is 3.18. The zero-order valence-corrected chi connectivity index (χ0v) is 22.2. The van der Waals surface area contributed by atoms with Crippen molar-refractivity contribution in [1.82, 2.24) is 19.6 Å². The van der Waals surface area contributed by atoms with E-state index in [9.17, 15) is 10.4 Å². The van der Waals surface area contributed by atoms with Crippen LogP contribution < -0.4 is 15.0 Å². The van der Waals surface area contributed by atoms with Crippen LogP contribution in [0.25, 0.3) is 16.6 Å². The summed E-state index contributed by atoms with van der Waals surface area (Å²) in [4.78, 5) is 11.6. The predicted molar refractivity (Wildman–Crippen MR) is 147 cm³/mol. The first kappa shape index (κ1) is 25.5. The fraction of sp³-hybridized carbons (Fsp3) is 0.379. The van der Waals surface area contributed by atoms with Crippen molar-refractivity contribution in [2.75, 3.05) is 29.9 Å². The minimum atomic E-state index is -0.977. The Balaban J connectivity index is 1.38. The number of nitrogens with one attached hydrogen (secondary N) is 1. The highest BCUT2D eigenvalue weighted by molar-refractivity contribution is 5.85. The summed E-state index contributed by atoms with van der Waals surface area (Å²) in [5.41, 5.74) is 1.85. The molecule has 9 heteroatoms. The monoisotopic (exact) mass is 511 g/mol. The molecule has 1 aliphatic heterocycles. The third-order valence-corrected chi connectivity index (χ3v) is 6.90. The number of hydrogen-bond acceptors (Lipinski definition) is 8. The molecule has 4 aromatic heterocycles. The first-order valence-corrected chi connectivity index (χ1v) is 12.9. The van der Waals surface area contributed by atoms with E-state index in [-0.39, 0.29) is 6.61 Å². The van der Waals surface area contributed by atoms with Crippen molar-refractivity contribution in [1.29, 1.82) is 5.26 Å². The number of fused-ring (bicyclic) bond motifs is 1. The Bertz CT molecular complexity index is 1430. The first-order valence-electron chi connectivity index (χ1n) is 12.9. The first-order chi connectivity index (χ1) is 18.2. The molecule has 0 saturated carbocycles. The molecule has 0 radical (unpaired) electrons. The van der Waals surface area contributed by atoms with Crippen LogP contribution in [0.1, 0.15) is 33.3 Å². The van der Waals surface area contributed by atoms with Gasteiger partial charge in [0.2, 0.25) is 0 Å². The summed E-state index contributed by atoms with van der Waals surface area (Å²) in [7, 11) is 0. The van der Waals surface area contributed by atoms with Gasteiger partial charge in [-0.15, -0.1) is 0 Å². The molecule has 4 aromatic rings. The number of aliphatic hydroxyl groups is 1. The topological polar surface area (TPSA) is 112 Å². The third-order valence-electron chi connectivity index (χ3n) is 6.90. The molecule has 38 heavy (non-hydrogen) atoms. The number of nitriles is 1. The zero-order valence-electron chi connectivity index (χ0n) is 22.2. The van der Waals surface area contributed by atoms with Crippen LogP contribution in [0.2, 0.25) is 0 Å². The van der Waals surface area contributed by atoms with Crippen LogP contribution in [-0.2, 0) is 0 Å². The number of nitrogens with zero attached hydrogens (tertiary/aromatic N) is 6. The quantitative estimate of drug-likeness (QED) is 0.376. The highest BCUT2D eigenvalue weighted by Gasteiger charge is 2.32. The molecule has 0 aromatic carbocycles. The lowest BCUT2D eigenvalue weighted by molar-refractivity contribution is 0.0283. The van der Waals surface area contributed by atoms with E-state index in [1.807, 2.05) is 48.8 Å². The number of pyridine rings is 3. The summed E-state index contributed by atoms with van der Waals surface area (Å²) in [6.07, 6.45) is 6.92. The average Bonchev–Trinajstić information content (AvgIpc) is 3.32. The van der Waals surface area contributed by atoms with Gasteiger partial charge in [-0.3, -0.25) is 0 Å². The second-order valence-electron chi connectivity index (χ2n) is 10.8. The second-order valence-corrected chi connectivity index (χ2v) is 10.8. The van der Waals surface area contributed by atoms with Gasteiger partial charge in [0.05, 0.1) is 29.1 Å². The highest BCUT2D eigenvalue weighted by Crippen LogP contribution is 2.33. The van der Waals surface area contributed by atoms with Crippen molar-refractivity contribution in [2.45, 2.75) is 39.3 Å². The lowest BCUT2D eigenvalue weighted by Crippen LogP contribution is -2.51. The maximum atomic E-state index is 10.1. The summed E-state index contributed by atoms with van der Waals surface area (Å²) >= 11 is 0. The maximum absolute atomic E-state index is 10.1. The second kappa shape index (κ2) is 10.3. The van der Waals surface area contributed by atoms with Gasteiger partial charge < -0.3 is 20.1 Å². The van der Waals surface area contributed by atoms with Crippen molar-refractivity contribution in [3.63, 3.8) is 0 Å². The molecule has 9 nitrogen and oxygen atoms in total. The van der Waals surface area contributed by atoms with Crippen molar-refractivity contribution in [3.8, 4) is 22.9 Å². The van der Waals surface area contributed by atoms with Crippen molar-refractivity contribution in [2.24, 2.45) is 11.8 Å². The van der Waals surface area contributed by atoms with Crippen molar-refractivity contribution in [3.05, 3.63) is 66.7 Å².